The molecule has 0 aliphatic heterocycles. The first-order chi connectivity index (χ1) is 45.2. The van der Waals surface area contributed by atoms with Gasteiger partial charge in [-0.2, -0.15) is 0 Å². The second-order valence-electron chi connectivity index (χ2n) is 19.9. The predicted molar refractivity (Wildman–Crippen MR) is 351 cm³/mol. The van der Waals surface area contributed by atoms with Crippen molar-refractivity contribution in [2.75, 3.05) is 0 Å². The van der Waals surface area contributed by atoms with E-state index in [2.05, 4.69) is 0 Å². The average molecular weight is 1270 g/mol. The number of carbonyl (C=O) groups is 5. The number of Topliss-reactive ketones (excluding diaryl/α,β-unsaturated/α-hetero) is 3. The minimum absolute atomic E-state index is 0.0226. The fraction of sp³-hybridized carbons (Fsp3) is 0.0658. The lowest BCUT2D eigenvalue weighted by molar-refractivity contribution is -0.132. The van der Waals surface area contributed by atoms with Crippen LogP contribution >= 0.6 is 0 Å². The lowest BCUT2D eigenvalue weighted by Gasteiger charge is -2.09. The van der Waals surface area contributed by atoms with Crippen LogP contribution in [0.2, 0.25) is 0 Å². The standard InChI is InChI=1S/C22H18O6.C22H18O4.C18H14O4.C8H7FO.C6H6O2/c1-15(23)25-17-3-7-19(8-4-17)27-21-11-13-22(14-12-21)28-20-9-5-18(6-10-20)26-16(2)24;1-15(23)17-3-7-19(8-4-17)25-21-11-13-22(14-12-21)26-20-9-5-18(6-10-20)16(2)24;19-13-1-5-15(6-2-13)21-17-9-11-18(12-10-17)22-16-7-3-14(20)4-8-16;1-6(10)7-2-4-8(9)5-3-7;7-5-1-2-6(8)4-3-5/h3-14H,1-2H3;3-14H,1-2H3;1-12,19-20H;2-5H,1H3;1-4,7-8H. The van der Waals surface area contributed by atoms with E-state index in [1.807, 2.05) is 0 Å². The van der Waals surface area contributed by atoms with E-state index < -0.39 is 0 Å². The summed E-state index contributed by atoms with van der Waals surface area (Å²) in [4.78, 5) is 55.1. The molecule has 4 N–H and O–H groups in total. The lowest BCUT2D eigenvalue weighted by Crippen LogP contribution is -2.00. The zero-order valence-electron chi connectivity index (χ0n) is 51.4. The number of aromatic hydroxyl groups is 4. The lowest BCUT2D eigenvalue weighted by atomic mass is 10.1. The van der Waals surface area contributed by atoms with Crippen molar-refractivity contribution < 1.29 is 86.7 Å². The van der Waals surface area contributed by atoms with E-state index in [-0.39, 0.29) is 58.1 Å². The fourth-order valence-corrected chi connectivity index (χ4v) is 7.71. The number of benzene rings is 11. The Morgan fingerprint density at radius 2 is 0.362 bits per heavy atom. The van der Waals surface area contributed by atoms with Gasteiger partial charge in [-0.15, -0.1) is 0 Å². The maximum absolute atomic E-state index is 12.2. The average Bonchev–Trinajstić information content (AvgIpc) is 1.76. The van der Waals surface area contributed by atoms with Gasteiger partial charge in [0.2, 0.25) is 0 Å². The normalized spacial score (nSPS) is 9.98. The minimum atomic E-state index is -0.370. The van der Waals surface area contributed by atoms with Crippen molar-refractivity contribution in [1.29, 1.82) is 0 Å². The van der Waals surface area contributed by atoms with Crippen molar-refractivity contribution in [2.24, 2.45) is 0 Å². The van der Waals surface area contributed by atoms with Crippen LogP contribution < -0.4 is 37.9 Å². The first-order valence-corrected chi connectivity index (χ1v) is 28.7. The van der Waals surface area contributed by atoms with Crippen LogP contribution in [0.1, 0.15) is 65.7 Å². The minimum Gasteiger partial charge on any atom is -0.508 e. The third kappa shape index (κ3) is 24.4. The van der Waals surface area contributed by atoms with Gasteiger partial charge in [-0.3, -0.25) is 24.0 Å². The Kier molecular flexibility index (Phi) is 25.5. The van der Waals surface area contributed by atoms with Gasteiger partial charge in [0, 0.05) is 30.5 Å². The number of hydrogen-bond donors (Lipinski definition) is 4. The molecule has 0 heterocycles. The summed E-state index contributed by atoms with van der Waals surface area (Å²) in [5.74, 6) is 8.39. The van der Waals surface area contributed by atoms with E-state index in [1.165, 1.54) is 83.1 Å². The molecule has 0 unspecified atom stereocenters. The molecule has 0 saturated carbocycles. The van der Waals surface area contributed by atoms with Crippen LogP contribution in [-0.4, -0.2) is 49.7 Å². The van der Waals surface area contributed by atoms with Gasteiger partial charge in [-0.25, -0.2) is 4.39 Å². The first-order valence-electron chi connectivity index (χ1n) is 28.7. The third-order valence-electron chi connectivity index (χ3n) is 12.4. The van der Waals surface area contributed by atoms with E-state index in [4.69, 9.17) is 48.1 Å². The van der Waals surface area contributed by atoms with Crippen molar-refractivity contribution in [3.63, 3.8) is 0 Å². The molecule has 11 aromatic carbocycles. The molecule has 11 aromatic rings. The molecule has 0 atom stereocenters. The van der Waals surface area contributed by atoms with Gasteiger partial charge in [0.15, 0.2) is 17.3 Å². The fourth-order valence-electron chi connectivity index (χ4n) is 7.71. The van der Waals surface area contributed by atoms with Crippen LogP contribution in [0.5, 0.6) is 103 Å². The Balaban J connectivity index is 0.000000176. The molecule has 0 bridgehead atoms. The first kappa shape index (κ1) is 68.8. The van der Waals surface area contributed by atoms with Gasteiger partial charge in [0.25, 0.3) is 0 Å². The Morgan fingerprint density at radius 3 is 0.532 bits per heavy atom. The van der Waals surface area contributed by atoms with E-state index >= 15 is 0 Å². The summed E-state index contributed by atoms with van der Waals surface area (Å²) >= 11 is 0. The number of ether oxygens (including phenoxy) is 8. The summed E-state index contributed by atoms with van der Waals surface area (Å²) in [5.41, 5.74) is 1.84. The summed E-state index contributed by atoms with van der Waals surface area (Å²) < 4.78 is 56.5. The molecule has 0 aromatic heterocycles. The number of phenolic OH excluding ortho intramolecular Hbond substituents is 4. The van der Waals surface area contributed by atoms with Gasteiger partial charge in [-0.1, -0.05) is 0 Å². The summed E-state index contributed by atoms with van der Waals surface area (Å²) in [5, 5.41) is 35.7. The van der Waals surface area contributed by atoms with Crippen LogP contribution in [-0.2, 0) is 9.59 Å². The third-order valence-corrected chi connectivity index (χ3v) is 12.4. The molecule has 17 nitrogen and oxygen atoms in total. The van der Waals surface area contributed by atoms with E-state index in [0.717, 1.165) is 0 Å². The van der Waals surface area contributed by atoms with Crippen molar-refractivity contribution in [3.8, 4) is 103 Å². The van der Waals surface area contributed by atoms with Crippen molar-refractivity contribution in [2.45, 2.75) is 34.6 Å². The van der Waals surface area contributed by atoms with Gasteiger partial charge in [0.05, 0.1) is 0 Å². The molecular weight excluding hydrogens is 1200 g/mol. The van der Waals surface area contributed by atoms with Crippen LogP contribution in [0.4, 0.5) is 4.39 Å². The highest BCUT2D eigenvalue weighted by molar-refractivity contribution is 5.95. The van der Waals surface area contributed by atoms with Gasteiger partial charge < -0.3 is 58.3 Å². The molecule has 0 fully saturated rings. The largest absolute Gasteiger partial charge is 0.508 e. The molecule has 94 heavy (non-hydrogen) atoms. The van der Waals surface area contributed by atoms with E-state index in [9.17, 15) is 38.6 Å². The summed E-state index contributed by atoms with van der Waals surface area (Å²) in [7, 11) is 0. The van der Waals surface area contributed by atoms with E-state index in [0.29, 0.717) is 97.2 Å². The summed E-state index contributed by atoms with van der Waals surface area (Å²) in [6.07, 6.45) is 0. The molecule has 476 valence electrons. The second-order valence-corrected chi connectivity index (χ2v) is 19.9. The quantitative estimate of drug-likeness (QED) is 0.0287. The second kappa shape index (κ2) is 34.9. The molecule has 0 radical (unpaired) electrons. The number of halogens is 1. The highest BCUT2D eigenvalue weighted by atomic mass is 19.1. The summed E-state index contributed by atoms with van der Waals surface area (Å²) in [6, 6.07) is 73.2. The number of esters is 2. The topological polar surface area (TPSA) is 240 Å². The van der Waals surface area contributed by atoms with E-state index in [1.54, 1.807) is 218 Å². The van der Waals surface area contributed by atoms with Gasteiger partial charge in [-0.05, 0) is 288 Å². The molecule has 11 rings (SSSR count). The zero-order chi connectivity index (χ0) is 67.4. The molecule has 0 spiro atoms. The van der Waals surface area contributed by atoms with Gasteiger partial charge >= 0.3 is 11.9 Å². The smallest absolute Gasteiger partial charge is 0.308 e. The van der Waals surface area contributed by atoms with Crippen LogP contribution in [0.15, 0.2) is 267 Å². The Labute approximate surface area is 541 Å². The molecule has 18 heteroatoms. The molecular formula is C76H63FO17. The number of ketones is 3. The van der Waals surface area contributed by atoms with Crippen molar-refractivity contribution in [1.82, 2.24) is 0 Å². The molecule has 0 aliphatic rings. The zero-order valence-corrected chi connectivity index (χ0v) is 51.4. The van der Waals surface area contributed by atoms with Crippen LogP contribution in [0, 0.1) is 5.82 Å². The molecule has 0 aliphatic carbocycles. The number of phenols is 4. The monoisotopic (exact) mass is 1270 g/mol. The van der Waals surface area contributed by atoms with Crippen LogP contribution in [0.25, 0.3) is 0 Å². The molecule has 0 saturated heterocycles. The highest BCUT2D eigenvalue weighted by Gasteiger charge is 2.08. The maximum Gasteiger partial charge on any atom is 0.308 e. The SMILES string of the molecule is CC(=O)Oc1ccc(Oc2ccc(Oc3ccc(OC(C)=O)cc3)cc2)cc1.CC(=O)c1ccc(F)cc1.CC(=O)c1ccc(Oc2ccc(Oc3ccc(C(C)=O)cc3)cc2)cc1.Oc1ccc(O)cc1.Oc1ccc(Oc2ccc(Oc3ccc(O)cc3)cc2)cc1. The Hall–Kier alpha value is -12.7. The van der Waals surface area contributed by atoms with Crippen LogP contribution in [0.3, 0.4) is 0 Å². The van der Waals surface area contributed by atoms with Crippen molar-refractivity contribution in [3.05, 3.63) is 289 Å². The number of hydrogen-bond acceptors (Lipinski definition) is 17. The van der Waals surface area contributed by atoms with Crippen molar-refractivity contribution >= 4 is 29.3 Å². The summed E-state index contributed by atoms with van der Waals surface area (Å²) in [6.45, 7) is 7.21. The predicted octanol–water partition coefficient (Wildman–Crippen LogP) is 18.6. The van der Waals surface area contributed by atoms with Gasteiger partial charge in [0.1, 0.15) is 109 Å². The Bertz CT molecular complexity index is 3940. The molecule has 0 amide bonds. The number of rotatable bonds is 17. The number of carbonyl (C=O) groups excluding carboxylic acids is 5. The Morgan fingerprint density at radius 1 is 0.223 bits per heavy atom. The highest BCUT2D eigenvalue weighted by Crippen LogP contribution is 2.32. The maximum atomic E-state index is 12.2.